The van der Waals surface area contributed by atoms with Gasteiger partial charge in [0.15, 0.2) is 0 Å². The lowest BCUT2D eigenvalue weighted by Crippen LogP contribution is -2.26. The summed E-state index contributed by atoms with van der Waals surface area (Å²) in [7, 11) is -3.85. The summed E-state index contributed by atoms with van der Waals surface area (Å²) in [6, 6.07) is 13.6. The highest BCUT2D eigenvalue weighted by Gasteiger charge is 2.12. The predicted molar refractivity (Wildman–Crippen MR) is 83.2 cm³/mol. The normalized spacial score (nSPS) is 11.9. The molecule has 118 valence electrons. The SMILES string of the molecule is Cc1ccc(S(=O)(=O)N=NNNn2nnc3ccccc32)cc1. The molecule has 10 heteroatoms. The monoisotopic (exact) mass is 331 g/mol. The van der Waals surface area contributed by atoms with Crippen molar-refractivity contribution in [3.8, 4) is 0 Å². The van der Waals surface area contributed by atoms with E-state index in [4.69, 9.17) is 0 Å². The Morgan fingerprint density at radius 3 is 2.61 bits per heavy atom. The minimum absolute atomic E-state index is 0.0693. The second-order valence-electron chi connectivity index (χ2n) is 4.68. The lowest BCUT2D eigenvalue weighted by molar-refractivity contribution is 0.585. The summed E-state index contributed by atoms with van der Waals surface area (Å²) < 4.78 is 27.2. The topological polar surface area (TPSA) is 114 Å². The van der Waals surface area contributed by atoms with E-state index in [0.717, 1.165) is 5.56 Å². The number of aromatic nitrogens is 3. The fraction of sp³-hybridized carbons (Fsp3) is 0.0769. The Balaban J connectivity index is 1.68. The smallest absolute Gasteiger partial charge is 0.201 e. The Morgan fingerprint density at radius 1 is 1.09 bits per heavy atom. The second-order valence-corrected chi connectivity index (χ2v) is 6.27. The summed E-state index contributed by atoms with van der Waals surface area (Å²) in [6.07, 6.45) is 0. The van der Waals surface area contributed by atoms with Gasteiger partial charge >= 0.3 is 10.0 Å². The molecule has 3 rings (SSSR count). The standard InChI is InChI=1S/C13H13N7O2S/c1-10-6-8-11(9-7-10)23(21,22)19-16-15-18-20-13-5-3-2-4-12(13)14-17-20/h2-9H,1H3,(H,15,19)(H,16,18). The van der Waals surface area contributed by atoms with Crippen LogP contribution in [0.2, 0.25) is 0 Å². The third kappa shape index (κ3) is 3.26. The lowest BCUT2D eigenvalue weighted by atomic mass is 10.2. The number of nitrogens with one attached hydrogen (secondary N) is 2. The third-order valence-electron chi connectivity index (χ3n) is 3.02. The lowest BCUT2D eigenvalue weighted by Gasteiger charge is -2.03. The van der Waals surface area contributed by atoms with Crippen LogP contribution in [-0.4, -0.2) is 23.5 Å². The van der Waals surface area contributed by atoms with E-state index in [1.807, 2.05) is 19.1 Å². The van der Waals surface area contributed by atoms with Crippen molar-refractivity contribution in [2.75, 3.05) is 5.53 Å². The number of rotatable bonds is 5. The second kappa shape index (κ2) is 6.01. The van der Waals surface area contributed by atoms with Crippen molar-refractivity contribution in [1.29, 1.82) is 0 Å². The van der Waals surface area contributed by atoms with Gasteiger partial charge in [0.2, 0.25) is 0 Å². The van der Waals surface area contributed by atoms with Crippen molar-refractivity contribution in [3.05, 3.63) is 54.1 Å². The number of sulfonamides is 1. The van der Waals surface area contributed by atoms with Crippen molar-refractivity contribution in [1.82, 2.24) is 20.6 Å². The van der Waals surface area contributed by atoms with Gasteiger partial charge < -0.3 is 0 Å². The zero-order valence-electron chi connectivity index (χ0n) is 12.1. The molecule has 1 heterocycles. The number of fused-ring (bicyclic) bond motifs is 1. The van der Waals surface area contributed by atoms with Gasteiger partial charge in [-0.15, -0.1) is 9.89 Å². The molecule has 0 fully saturated rings. The van der Waals surface area contributed by atoms with Gasteiger partial charge in [-0.1, -0.05) is 29.8 Å². The Labute approximate surface area is 132 Å². The molecule has 0 aliphatic heterocycles. The average Bonchev–Trinajstić information content (AvgIpc) is 2.95. The number of benzene rings is 2. The molecule has 2 aromatic carbocycles. The highest BCUT2D eigenvalue weighted by molar-refractivity contribution is 7.90. The number of hydrogen-bond donors (Lipinski definition) is 2. The molecule has 0 spiro atoms. The minimum Gasteiger partial charge on any atom is -0.201 e. The Hall–Kier alpha value is -3.01. The first kappa shape index (κ1) is 14.9. The number of hydrogen-bond acceptors (Lipinski definition) is 6. The summed E-state index contributed by atoms with van der Waals surface area (Å²) in [5.74, 6) is 0. The molecule has 0 saturated carbocycles. The molecule has 23 heavy (non-hydrogen) atoms. The molecule has 9 nitrogen and oxygen atoms in total. The van der Waals surface area contributed by atoms with E-state index in [0.29, 0.717) is 11.0 Å². The Kier molecular flexibility index (Phi) is 3.89. The average molecular weight is 331 g/mol. The van der Waals surface area contributed by atoms with Gasteiger partial charge in [0, 0.05) is 0 Å². The molecule has 0 saturated heterocycles. The number of para-hydroxylation sites is 1. The van der Waals surface area contributed by atoms with E-state index in [1.54, 1.807) is 24.3 Å². The van der Waals surface area contributed by atoms with Crippen LogP contribution in [0.3, 0.4) is 0 Å². The van der Waals surface area contributed by atoms with Crippen LogP contribution in [0.5, 0.6) is 0 Å². The molecule has 0 unspecified atom stereocenters. The summed E-state index contributed by atoms with van der Waals surface area (Å²) in [6.45, 7) is 1.87. The van der Waals surface area contributed by atoms with Gasteiger partial charge in [-0.05, 0) is 46.1 Å². The van der Waals surface area contributed by atoms with E-state index >= 15 is 0 Å². The van der Waals surface area contributed by atoms with Crippen molar-refractivity contribution in [3.63, 3.8) is 0 Å². The summed E-state index contributed by atoms with van der Waals surface area (Å²) >= 11 is 0. The summed E-state index contributed by atoms with van der Waals surface area (Å²) in [5.41, 5.74) is 7.22. The highest BCUT2D eigenvalue weighted by atomic mass is 32.2. The minimum atomic E-state index is -3.85. The van der Waals surface area contributed by atoms with Crippen molar-refractivity contribution in [2.45, 2.75) is 11.8 Å². The van der Waals surface area contributed by atoms with Crippen molar-refractivity contribution < 1.29 is 8.42 Å². The van der Waals surface area contributed by atoms with Crippen molar-refractivity contribution in [2.24, 2.45) is 9.74 Å². The van der Waals surface area contributed by atoms with E-state index in [-0.39, 0.29) is 4.90 Å². The van der Waals surface area contributed by atoms with Crippen LogP contribution in [-0.2, 0) is 10.0 Å². The van der Waals surface area contributed by atoms with Crippen LogP contribution >= 0.6 is 0 Å². The first-order chi connectivity index (χ1) is 11.1. The van der Waals surface area contributed by atoms with Gasteiger partial charge in [-0.25, -0.2) is 5.53 Å². The van der Waals surface area contributed by atoms with Gasteiger partial charge in [-0.3, -0.25) is 0 Å². The molecular formula is C13H13N7O2S. The Morgan fingerprint density at radius 2 is 1.83 bits per heavy atom. The molecule has 0 bridgehead atoms. The van der Waals surface area contributed by atoms with Crippen LogP contribution < -0.4 is 11.1 Å². The Bertz CT molecular complexity index is 948. The molecule has 1 aromatic heterocycles. The predicted octanol–water partition coefficient (Wildman–Crippen LogP) is 1.54. The first-order valence-corrected chi connectivity index (χ1v) is 8.05. The molecule has 0 radical (unpaired) electrons. The number of nitrogens with zero attached hydrogens (tertiary/aromatic N) is 5. The molecule has 0 amide bonds. The molecular weight excluding hydrogens is 318 g/mol. The van der Waals surface area contributed by atoms with Gasteiger partial charge in [-0.2, -0.15) is 14.0 Å². The highest BCUT2D eigenvalue weighted by Crippen LogP contribution is 2.13. The maximum Gasteiger partial charge on any atom is 0.301 e. The fourth-order valence-corrected chi connectivity index (χ4v) is 2.58. The maximum absolute atomic E-state index is 12.0. The number of hydrazine groups is 1. The molecule has 0 atom stereocenters. The first-order valence-electron chi connectivity index (χ1n) is 6.61. The largest absolute Gasteiger partial charge is 0.301 e. The molecule has 0 aliphatic carbocycles. The molecule has 0 aliphatic rings. The van der Waals surface area contributed by atoms with Gasteiger partial charge in [0.25, 0.3) is 0 Å². The summed E-state index contributed by atoms with van der Waals surface area (Å²) in [4.78, 5) is 1.38. The van der Waals surface area contributed by atoms with Gasteiger partial charge in [0.1, 0.15) is 11.0 Å². The zero-order chi connectivity index (χ0) is 16.3. The zero-order valence-corrected chi connectivity index (χ0v) is 12.9. The maximum atomic E-state index is 12.0. The van der Waals surface area contributed by atoms with Crippen molar-refractivity contribution >= 4 is 21.1 Å². The van der Waals surface area contributed by atoms with Crippen LogP contribution in [0, 0.1) is 6.92 Å². The third-order valence-corrected chi connectivity index (χ3v) is 4.19. The molecule has 3 aromatic rings. The van der Waals surface area contributed by atoms with E-state index < -0.39 is 10.0 Å². The summed E-state index contributed by atoms with van der Waals surface area (Å²) in [5, 5.41) is 11.2. The van der Waals surface area contributed by atoms with E-state index in [2.05, 4.69) is 31.1 Å². The van der Waals surface area contributed by atoms with Crippen LogP contribution in [0.25, 0.3) is 11.0 Å². The fourth-order valence-electron chi connectivity index (χ4n) is 1.85. The van der Waals surface area contributed by atoms with E-state index in [9.17, 15) is 8.42 Å². The quantitative estimate of drug-likeness (QED) is 0.541. The van der Waals surface area contributed by atoms with Crippen LogP contribution in [0.15, 0.2) is 63.2 Å². The molecule has 2 N–H and O–H groups in total. The van der Waals surface area contributed by atoms with Crippen LogP contribution in [0.4, 0.5) is 0 Å². The number of aryl methyl sites for hydroxylation is 1. The van der Waals surface area contributed by atoms with Gasteiger partial charge in [0.05, 0.1) is 4.90 Å². The van der Waals surface area contributed by atoms with E-state index in [1.165, 1.54) is 16.9 Å². The van der Waals surface area contributed by atoms with Crippen LogP contribution in [0.1, 0.15) is 5.56 Å².